The third kappa shape index (κ3) is 1.61. The molecule has 1 aliphatic heterocycles. The SMILES string of the molecule is NC(=O)C1CCN1c1cccc(Cl)c1N. The molecule has 0 aromatic heterocycles. The lowest BCUT2D eigenvalue weighted by molar-refractivity contribution is -0.120. The number of nitrogens with two attached hydrogens (primary N) is 2. The maximum atomic E-state index is 11.1. The van der Waals surface area contributed by atoms with Crippen LogP contribution in [0.25, 0.3) is 0 Å². The summed E-state index contributed by atoms with van der Waals surface area (Å²) in [6.07, 6.45) is 0.779. The molecule has 1 aromatic rings. The Morgan fingerprint density at radius 3 is 2.80 bits per heavy atom. The molecule has 1 heterocycles. The third-order valence-corrected chi connectivity index (χ3v) is 3.02. The van der Waals surface area contributed by atoms with Crippen molar-refractivity contribution in [1.82, 2.24) is 0 Å². The van der Waals surface area contributed by atoms with Crippen molar-refractivity contribution in [2.24, 2.45) is 5.73 Å². The summed E-state index contributed by atoms with van der Waals surface area (Å²) >= 11 is 5.90. The number of rotatable bonds is 2. The fourth-order valence-corrected chi connectivity index (χ4v) is 1.92. The highest BCUT2D eigenvalue weighted by molar-refractivity contribution is 6.33. The van der Waals surface area contributed by atoms with Gasteiger partial charge in [0.05, 0.1) is 16.4 Å². The smallest absolute Gasteiger partial charge is 0.240 e. The van der Waals surface area contributed by atoms with Gasteiger partial charge in [0.1, 0.15) is 6.04 Å². The minimum atomic E-state index is -0.319. The standard InChI is InChI=1S/C10H12ClN3O/c11-6-2-1-3-7(9(6)12)14-5-4-8(14)10(13)15/h1-3,8H,4-5,12H2,(H2,13,15). The lowest BCUT2D eigenvalue weighted by Crippen LogP contribution is -2.55. The molecule has 1 amide bonds. The summed E-state index contributed by atoms with van der Waals surface area (Å²) < 4.78 is 0. The van der Waals surface area contributed by atoms with Crippen molar-refractivity contribution in [1.29, 1.82) is 0 Å². The van der Waals surface area contributed by atoms with Gasteiger partial charge in [-0.2, -0.15) is 0 Å². The zero-order chi connectivity index (χ0) is 11.0. The molecule has 0 radical (unpaired) electrons. The van der Waals surface area contributed by atoms with Gasteiger partial charge in [-0.3, -0.25) is 4.79 Å². The van der Waals surface area contributed by atoms with Crippen LogP contribution in [0.4, 0.5) is 11.4 Å². The van der Waals surface area contributed by atoms with Crippen LogP contribution in [0.1, 0.15) is 6.42 Å². The first-order valence-electron chi connectivity index (χ1n) is 4.71. The van der Waals surface area contributed by atoms with E-state index in [2.05, 4.69) is 0 Å². The zero-order valence-corrected chi connectivity index (χ0v) is 8.87. The number of nitrogens with zero attached hydrogens (tertiary/aromatic N) is 1. The molecular formula is C10H12ClN3O. The molecule has 1 aliphatic rings. The summed E-state index contributed by atoms with van der Waals surface area (Å²) in [5, 5.41) is 0.502. The van der Waals surface area contributed by atoms with Crippen molar-refractivity contribution < 1.29 is 4.79 Å². The van der Waals surface area contributed by atoms with E-state index in [9.17, 15) is 4.79 Å². The van der Waals surface area contributed by atoms with Crippen molar-refractivity contribution in [2.45, 2.75) is 12.5 Å². The van der Waals surface area contributed by atoms with Crippen molar-refractivity contribution >= 4 is 28.9 Å². The average Bonchev–Trinajstić information content (AvgIpc) is 2.10. The van der Waals surface area contributed by atoms with Crippen LogP contribution in [0.15, 0.2) is 18.2 Å². The second kappa shape index (κ2) is 3.62. The van der Waals surface area contributed by atoms with Gasteiger partial charge in [0.15, 0.2) is 0 Å². The molecule has 0 aliphatic carbocycles. The first kappa shape index (κ1) is 10.1. The lowest BCUT2D eigenvalue weighted by Gasteiger charge is -2.41. The number of amides is 1. The fraction of sp³-hybridized carbons (Fsp3) is 0.300. The highest BCUT2D eigenvalue weighted by atomic mass is 35.5. The van der Waals surface area contributed by atoms with E-state index in [0.717, 1.165) is 18.7 Å². The topological polar surface area (TPSA) is 72.4 Å². The molecule has 80 valence electrons. The highest BCUT2D eigenvalue weighted by Crippen LogP contribution is 2.35. The normalized spacial score (nSPS) is 19.8. The Labute approximate surface area is 92.8 Å². The van der Waals surface area contributed by atoms with E-state index in [-0.39, 0.29) is 11.9 Å². The molecule has 1 atom stereocenters. The number of benzene rings is 1. The first-order valence-corrected chi connectivity index (χ1v) is 5.09. The van der Waals surface area contributed by atoms with Crippen LogP contribution in [0, 0.1) is 0 Å². The van der Waals surface area contributed by atoms with Crippen molar-refractivity contribution in [3.8, 4) is 0 Å². The maximum Gasteiger partial charge on any atom is 0.240 e. The molecule has 5 heteroatoms. The number of nitrogen functional groups attached to an aromatic ring is 1. The second-order valence-electron chi connectivity index (χ2n) is 3.57. The molecule has 4 N–H and O–H groups in total. The monoisotopic (exact) mass is 225 g/mol. The van der Waals surface area contributed by atoms with E-state index < -0.39 is 0 Å². The van der Waals surface area contributed by atoms with E-state index in [4.69, 9.17) is 23.1 Å². The molecule has 1 fully saturated rings. The van der Waals surface area contributed by atoms with Gasteiger partial charge in [-0.1, -0.05) is 17.7 Å². The maximum absolute atomic E-state index is 11.1. The van der Waals surface area contributed by atoms with E-state index >= 15 is 0 Å². The predicted octanol–water partition coefficient (Wildman–Crippen LogP) is 0.986. The first-order chi connectivity index (χ1) is 7.11. The Hall–Kier alpha value is -1.42. The van der Waals surface area contributed by atoms with Crippen molar-refractivity contribution in [3.05, 3.63) is 23.2 Å². The van der Waals surface area contributed by atoms with Gasteiger partial charge in [-0.15, -0.1) is 0 Å². The summed E-state index contributed by atoms with van der Waals surface area (Å²) in [5.41, 5.74) is 12.4. The van der Waals surface area contributed by atoms with Crippen LogP contribution in [-0.2, 0) is 4.79 Å². The number of primary amides is 1. The van der Waals surface area contributed by atoms with Gasteiger partial charge >= 0.3 is 0 Å². The minimum absolute atomic E-state index is 0.245. The van der Waals surface area contributed by atoms with Gasteiger partial charge in [0.2, 0.25) is 5.91 Å². The summed E-state index contributed by atoms with van der Waals surface area (Å²) in [4.78, 5) is 12.9. The molecule has 0 bridgehead atoms. The number of para-hydroxylation sites is 1. The minimum Gasteiger partial charge on any atom is -0.396 e. The number of hydrogen-bond acceptors (Lipinski definition) is 3. The summed E-state index contributed by atoms with van der Waals surface area (Å²) in [7, 11) is 0. The van der Waals surface area contributed by atoms with Gasteiger partial charge in [0, 0.05) is 6.54 Å². The fourth-order valence-electron chi connectivity index (χ4n) is 1.75. The van der Waals surface area contributed by atoms with Crippen molar-refractivity contribution in [2.75, 3.05) is 17.2 Å². The number of hydrogen-bond donors (Lipinski definition) is 2. The van der Waals surface area contributed by atoms with Gasteiger partial charge in [-0.05, 0) is 18.6 Å². The van der Waals surface area contributed by atoms with E-state index in [1.807, 2.05) is 17.0 Å². The summed E-state index contributed by atoms with van der Waals surface area (Å²) in [6, 6.07) is 5.13. The largest absolute Gasteiger partial charge is 0.396 e. The Kier molecular flexibility index (Phi) is 2.44. The number of carbonyl (C=O) groups is 1. The third-order valence-electron chi connectivity index (χ3n) is 2.69. The van der Waals surface area contributed by atoms with E-state index in [1.54, 1.807) is 6.07 Å². The molecule has 1 unspecified atom stereocenters. The van der Waals surface area contributed by atoms with E-state index in [1.165, 1.54) is 0 Å². The second-order valence-corrected chi connectivity index (χ2v) is 3.98. The molecule has 1 saturated heterocycles. The van der Waals surface area contributed by atoms with Crippen molar-refractivity contribution in [3.63, 3.8) is 0 Å². The Morgan fingerprint density at radius 2 is 2.27 bits per heavy atom. The molecule has 1 aromatic carbocycles. The molecule has 2 rings (SSSR count). The average molecular weight is 226 g/mol. The molecule has 4 nitrogen and oxygen atoms in total. The Morgan fingerprint density at radius 1 is 1.53 bits per heavy atom. The van der Waals surface area contributed by atoms with Gasteiger partial charge in [0.25, 0.3) is 0 Å². The van der Waals surface area contributed by atoms with Crippen LogP contribution in [0.2, 0.25) is 5.02 Å². The van der Waals surface area contributed by atoms with Crippen LogP contribution >= 0.6 is 11.6 Å². The Balaban J connectivity index is 2.31. The predicted molar refractivity (Wildman–Crippen MR) is 60.8 cm³/mol. The van der Waals surface area contributed by atoms with Crippen LogP contribution in [0.3, 0.4) is 0 Å². The summed E-state index contributed by atoms with van der Waals surface area (Å²) in [6.45, 7) is 0.790. The lowest BCUT2D eigenvalue weighted by atomic mass is 10.0. The number of halogens is 1. The molecule has 0 spiro atoms. The van der Waals surface area contributed by atoms with Gasteiger partial charge < -0.3 is 16.4 Å². The highest BCUT2D eigenvalue weighted by Gasteiger charge is 2.33. The zero-order valence-electron chi connectivity index (χ0n) is 8.11. The van der Waals surface area contributed by atoms with Crippen LogP contribution < -0.4 is 16.4 Å². The molecule has 15 heavy (non-hydrogen) atoms. The molecule has 0 saturated carbocycles. The number of anilines is 2. The van der Waals surface area contributed by atoms with Gasteiger partial charge in [-0.25, -0.2) is 0 Å². The number of carbonyl (C=O) groups excluding carboxylic acids is 1. The van der Waals surface area contributed by atoms with Crippen LogP contribution in [-0.4, -0.2) is 18.5 Å². The van der Waals surface area contributed by atoms with Crippen LogP contribution in [0.5, 0.6) is 0 Å². The quantitative estimate of drug-likeness (QED) is 0.738. The summed E-state index contributed by atoms with van der Waals surface area (Å²) in [5.74, 6) is -0.319. The Bertz CT molecular complexity index is 408. The van der Waals surface area contributed by atoms with E-state index in [0.29, 0.717) is 10.7 Å². The molecular weight excluding hydrogens is 214 g/mol.